The summed E-state index contributed by atoms with van der Waals surface area (Å²) in [7, 11) is 3.06. The number of hydrogen-bond donors (Lipinski definition) is 6. The van der Waals surface area contributed by atoms with Gasteiger partial charge in [0.2, 0.25) is 23.7 Å². The number of nitrogens with one attached hydrogen (secondary N) is 4. The Balaban J connectivity index is 0.000000169. The van der Waals surface area contributed by atoms with Crippen LogP contribution >= 0.6 is 15.9 Å². The van der Waals surface area contributed by atoms with Crippen LogP contribution in [0.1, 0.15) is 126 Å². The van der Waals surface area contributed by atoms with Crippen LogP contribution in [0.3, 0.4) is 0 Å². The summed E-state index contributed by atoms with van der Waals surface area (Å²) < 4.78 is 93.1. The number of rotatable bonds is 14. The fourth-order valence-electron chi connectivity index (χ4n) is 11.0. The van der Waals surface area contributed by atoms with Crippen LogP contribution in [0, 0.1) is 0 Å². The summed E-state index contributed by atoms with van der Waals surface area (Å²) in [5.74, 6) is 0.986. The van der Waals surface area contributed by atoms with Crippen LogP contribution in [-0.4, -0.2) is 104 Å². The van der Waals surface area contributed by atoms with Gasteiger partial charge in [-0.25, -0.2) is 19.9 Å². The molecule has 18 nitrogen and oxygen atoms in total. The van der Waals surface area contributed by atoms with E-state index in [9.17, 15) is 46.1 Å². The van der Waals surface area contributed by atoms with E-state index in [2.05, 4.69) is 111 Å². The molecule has 90 heavy (non-hydrogen) atoms. The minimum Gasteiger partial charge on any atom is -0.399 e. The normalized spacial score (nSPS) is 18.9. The van der Waals surface area contributed by atoms with Gasteiger partial charge in [0.25, 0.3) is 0 Å². The van der Waals surface area contributed by atoms with E-state index >= 15 is 0 Å². The highest BCUT2D eigenvalue weighted by Crippen LogP contribution is 2.38. The summed E-state index contributed by atoms with van der Waals surface area (Å²) in [4.78, 5) is 43.1. The lowest BCUT2D eigenvalue weighted by Gasteiger charge is -2.32. The van der Waals surface area contributed by atoms with Gasteiger partial charge < -0.3 is 40.8 Å². The van der Waals surface area contributed by atoms with Gasteiger partial charge in [-0.15, -0.1) is 0 Å². The number of aliphatic hydroxyl groups excluding tert-OH is 2. The lowest BCUT2D eigenvalue weighted by molar-refractivity contribution is -0.138. The zero-order chi connectivity index (χ0) is 64.9. The fourth-order valence-corrected chi connectivity index (χ4v) is 11.3. The molecule has 478 valence electrons. The molecule has 0 spiro atoms. The van der Waals surface area contributed by atoms with Gasteiger partial charge in [0.1, 0.15) is 4.60 Å². The van der Waals surface area contributed by atoms with Gasteiger partial charge in [0.05, 0.1) is 64.1 Å². The van der Waals surface area contributed by atoms with Crippen molar-refractivity contribution in [3.05, 3.63) is 135 Å². The zero-order valence-corrected chi connectivity index (χ0v) is 52.9. The van der Waals surface area contributed by atoms with Crippen LogP contribution in [-0.2, 0) is 71.0 Å². The van der Waals surface area contributed by atoms with Crippen LogP contribution < -0.4 is 26.7 Å². The van der Waals surface area contributed by atoms with Gasteiger partial charge in [-0.3, -0.25) is 19.0 Å². The largest absolute Gasteiger partial charge is 0.494 e. The average molecular weight is 1310 g/mol. The minimum absolute atomic E-state index is 0.155. The third-order valence-corrected chi connectivity index (χ3v) is 17.4. The van der Waals surface area contributed by atoms with Gasteiger partial charge >= 0.3 is 19.5 Å². The number of halogens is 7. The molecule has 2 aliphatic carbocycles. The summed E-state index contributed by atoms with van der Waals surface area (Å²) in [6.07, 6.45) is 2.52. The van der Waals surface area contributed by atoms with E-state index < -0.39 is 35.3 Å². The maximum Gasteiger partial charge on any atom is 0.494 e. The van der Waals surface area contributed by atoms with E-state index in [-0.39, 0.29) is 60.5 Å². The maximum absolute atomic E-state index is 13.0. The summed E-state index contributed by atoms with van der Waals surface area (Å²) in [6.45, 7) is 12.5. The SMILES string of the molecule is CCc1cc(-c2cc(NC(=O)Cc3cccc(C(F)(F)F)c3)nn2C)cc2cnc(NC3CCC(O)CC3)nc12.CCc1cc(B2OC(C)(C)C(C)(C)O2)cc2cnc(NC3CCC(O)CC3)nc12.Cn1nc(NC(=O)Cc2cccc(C(F)(F)F)c2)cc1Br. The number of nitrogens with zero attached hydrogens (tertiary/aromatic N) is 8. The first-order valence-corrected chi connectivity index (χ1v) is 30.8. The molecule has 2 amide bonds. The van der Waals surface area contributed by atoms with Crippen molar-refractivity contribution in [2.45, 2.75) is 166 Å². The number of anilines is 4. The van der Waals surface area contributed by atoms with Crippen molar-refractivity contribution in [3.8, 4) is 11.3 Å². The first-order valence-electron chi connectivity index (χ1n) is 30.0. The number of hydrogen-bond acceptors (Lipinski definition) is 14. The number of aryl methyl sites for hydroxylation is 4. The Hall–Kier alpha value is -7.52. The minimum atomic E-state index is -4.47. The van der Waals surface area contributed by atoms with Crippen molar-refractivity contribution in [3.63, 3.8) is 0 Å². The first kappa shape index (κ1) is 66.9. The Kier molecular flexibility index (Phi) is 20.8. The molecule has 4 aromatic heterocycles. The van der Waals surface area contributed by atoms with E-state index in [4.69, 9.17) is 19.3 Å². The summed E-state index contributed by atoms with van der Waals surface area (Å²) in [6, 6.07) is 21.6. The highest BCUT2D eigenvalue weighted by atomic mass is 79.9. The van der Waals surface area contributed by atoms with Crippen LogP contribution in [0.5, 0.6) is 0 Å². The van der Waals surface area contributed by atoms with Crippen LogP contribution in [0.25, 0.3) is 33.1 Å². The predicted molar refractivity (Wildman–Crippen MR) is 338 cm³/mol. The summed E-state index contributed by atoms with van der Waals surface area (Å²) >= 11 is 3.23. The number of aromatic nitrogens is 8. The number of aliphatic hydroxyl groups is 2. The van der Waals surface area contributed by atoms with E-state index in [1.54, 1.807) is 37.1 Å². The van der Waals surface area contributed by atoms with Crippen molar-refractivity contribution >= 4 is 85.7 Å². The van der Waals surface area contributed by atoms with Gasteiger partial charge in [-0.2, -0.15) is 36.5 Å². The van der Waals surface area contributed by atoms with E-state index in [1.807, 2.05) is 18.3 Å². The van der Waals surface area contributed by atoms with E-state index in [0.717, 1.165) is 138 Å². The quantitative estimate of drug-likeness (QED) is 0.0440. The molecule has 5 heterocycles. The molecular weight excluding hydrogens is 1240 g/mol. The maximum atomic E-state index is 13.0. The molecule has 1 saturated heterocycles. The Labute approximate surface area is 526 Å². The molecule has 0 radical (unpaired) electrons. The first-order chi connectivity index (χ1) is 42.5. The highest BCUT2D eigenvalue weighted by molar-refractivity contribution is 9.10. The number of amides is 2. The Morgan fingerprint density at radius 3 is 1.51 bits per heavy atom. The van der Waals surface area contributed by atoms with Crippen LogP contribution in [0.15, 0.2) is 102 Å². The Bertz CT molecular complexity index is 3810. The lowest BCUT2D eigenvalue weighted by atomic mass is 9.77. The second kappa shape index (κ2) is 27.9. The van der Waals surface area contributed by atoms with Crippen LogP contribution in [0.4, 0.5) is 49.9 Å². The smallest absolute Gasteiger partial charge is 0.399 e. The molecule has 11 rings (SSSR count). The number of fused-ring (bicyclic) bond motifs is 2. The van der Waals surface area contributed by atoms with Crippen molar-refractivity contribution in [2.75, 3.05) is 21.3 Å². The number of carbonyl (C=O) groups is 2. The molecule has 8 aromatic rings. The second-order valence-corrected chi connectivity index (χ2v) is 24.8. The second-order valence-electron chi connectivity index (χ2n) is 24.0. The molecule has 0 atom stereocenters. The molecule has 3 fully saturated rings. The van der Waals surface area contributed by atoms with Crippen LogP contribution in [0.2, 0.25) is 0 Å². The van der Waals surface area contributed by atoms with Gasteiger partial charge in [0, 0.05) is 67.0 Å². The summed E-state index contributed by atoms with van der Waals surface area (Å²) in [5, 5.41) is 41.8. The topological polar surface area (TPSA) is 228 Å². The molecule has 1 aliphatic heterocycles. The molecule has 3 aliphatic rings. The van der Waals surface area contributed by atoms with Gasteiger partial charge in [-0.1, -0.05) is 62.4 Å². The van der Waals surface area contributed by atoms with Crippen molar-refractivity contribution in [1.82, 2.24) is 39.5 Å². The molecule has 0 unspecified atom stereocenters. The summed E-state index contributed by atoms with van der Waals surface area (Å²) in [5.41, 5.74) is 4.94. The number of carbonyl (C=O) groups excluding carboxylic acids is 2. The van der Waals surface area contributed by atoms with Crippen molar-refractivity contribution in [2.24, 2.45) is 14.1 Å². The van der Waals surface area contributed by atoms with E-state index in [0.29, 0.717) is 34.2 Å². The van der Waals surface area contributed by atoms with Gasteiger partial charge in [0.15, 0.2) is 11.6 Å². The van der Waals surface area contributed by atoms with Crippen molar-refractivity contribution in [1.29, 1.82) is 0 Å². The van der Waals surface area contributed by atoms with Crippen molar-refractivity contribution < 1.29 is 55.5 Å². The third kappa shape index (κ3) is 16.9. The molecule has 26 heteroatoms. The lowest BCUT2D eigenvalue weighted by Crippen LogP contribution is -2.41. The zero-order valence-electron chi connectivity index (χ0n) is 51.4. The number of benzene rings is 4. The Morgan fingerprint density at radius 1 is 0.622 bits per heavy atom. The molecular formula is C64H74BBrF6N12O6. The average Bonchev–Trinajstić information content (AvgIpc) is 1.74. The third-order valence-electron chi connectivity index (χ3n) is 16.7. The molecule has 4 aromatic carbocycles. The molecule has 2 saturated carbocycles. The standard InChI is InChI=1S/C29H31F3N6O2.C22H32BN3O3.C13H11BrF3N3O/c1-3-18-13-19(14-20-16-33-28(36-27(18)20)34-22-7-9-23(39)10-8-22)24-15-25(37-38(24)2)35-26(40)12-17-5-4-6-21(11-17)29(30,31)32;1-6-14-11-16(23-28-21(2,3)22(4,5)29-23)12-15-13-24-20(26-19(14)15)25-17-7-9-18(27)10-8-17;1-20-10(14)7-11(19-20)18-12(21)6-8-3-2-4-9(5-8)13(15,16)17/h4-6,11,13-16,22-23,39H,3,7-10,12H2,1-2H3,(H,33,34,36)(H,35,37,40);11-13,17-18,27H,6-10H2,1-5H3,(H,24,25,26);2-5,7H,6H2,1H3,(H,18,19,21). The predicted octanol–water partition coefficient (Wildman–Crippen LogP) is 12.1. The highest BCUT2D eigenvalue weighted by Gasteiger charge is 2.52. The Morgan fingerprint density at radius 2 is 1.07 bits per heavy atom. The van der Waals surface area contributed by atoms with Gasteiger partial charge in [-0.05, 0) is 160 Å². The van der Waals surface area contributed by atoms with E-state index in [1.165, 1.54) is 28.9 Å². The molecule has 0 bridgehead atoms. The fraction of sp³-hybridized carbons (Fsp3) is 0.438. The number of alkyl halides is 6. The molecule has 6 N–H and O–H groups in total. The monoisotopic (exact) mass is 1310 g/mol.